The van der Waals surface area contributed by atoms with Crippen LogP contribution in [0.5, 0.6) is 11.5 Å². The lowest BCUT2D eigenvalue weighted by Gasteiger charge is -2.22. The number of fused-ring (bicyclic) bond motifs is 1. The Balaban J connectivity index is 1.56. The van der Waals surface area contributed by atoms with Crippen LogP contribution in [0.1, 0.15) is 11.1 Å². The van der Waals surface area contributed by atoms with Crippen molar-refractivity contribution in [3.05, 3.63) is 58.7 Å². The van der Waals surface area contributed by atoms with Gasteiger partial charge in [0.1, 0.15) is 16.5 Å². The third kappa shape index (κ3) is 5.98. The number of ether oxygens (including phenoxy) is 2. The summed E-state index contributed by atoms with van der Waals surface area (Å²) in [6, 6.07) is 11.6. The Morgan fingerprint density at radius 3 is 2.42 bits per heavy atom. The van der Waals surface area contributed by atoms with Gasteiger partial charge in [0.2, 0.25) is 11.9 Å². The quantitative estimate of drug-likeness (QED) is 0.467. The first-order valence-electron chi connectivity index (χ1n) is 11.7. The zero-order valence-corrected chi connectivity index (χ0v) is 21.7. The summed E-state index contributed by atoms with van der Waals surface area (Å²) < 4.78 is 11.1. The van der Waals surface area contributed by atoms with E-state index >= 15 is 0 Å². The monoisotopic (exact) mass is 510 g/mol. The molecule has 9 nitrogen and oxygen atoms in total. The Hall–Kier alpha value is -3.56. The Bertz CT molecular complexity index is 1240. The van der Waals surface area contributed by atoms with E-state index in [1.807, 2.05) is 54.2 Å². The van der Waals surface area contributed by atoms with Gasteiger partial charge in [-0.2, -0.15) is 4.98 Å². The van der Waals surface area contributed by atoms with Gasteiger partial charge >= 0.3 is 0 Å². The maximum absolute atomic E-state index is 12.6. The van der Waals surface area contributed by atoms with Gasteiger partial charge in [0.05, 0.1) is 38.3 Å². The molecule has 36 heavy (non-hydrogen) atoms. The Morgan fingerprint density at radius 1 is 1.03 bits per heavy atom. The minimum atomic E-state index is 0.141. The summed E-state index contributed by atoms with van der Waals surface area (Å²) in [4.78, 5) is 25.3. The maximum atomic E-state index is 12.6. The van der Waals surface area contributed by atoms with Gasteiger partial charge in [0.25, 0.3) is 0 Å². The fourth-order valence-corrected chi connectivity index (χ4v) is 4.29. The molecule has 3 aromatic rings. The first-order valence-corrected chi connectivity index (χ1v) is 12.1. The Kier molecular flexibility index (Phi) is 8.12. The summed E-state index contributed by atoms with van der Waals surface area (Å²) in [6.07, 6.45) is 3.07. The molecule has 0 spiro atoms. The lowest BCUT2D eigenvalue weighted by molar-refractivity contribution is -0.131. The normalized spacial score (nSPS) is 13.1. The van der Waals surface area contributed by atoms with Gasteiger partial charge < -0.3 is 29.9 Å². The molecule has 1 aromatic heterocycles. The zero-order chi connectivity index (χ0) is 25.7. The molecule has 1 aliphatic heterocycles. The molecule has 1 amide bonds. The van der Waals surface area contributed by atoms with Crippen LogP contribution in [0.2, 0.25) is 5.02 Å². The molecule has 2 heterocycles. The van der Waals surface area contributed by atoms with Crippen LogP contribution in [0.3, 0.4) is 0 Å². The summed E-state index contributed by atoms with van der Waals surface area (Å²) >= 11 is 6.37. The van der Waals surface area contributed by atoms with E-state index < -0.39 is 0 Å². The lowest BCUT2D eigenvalue weighted by Crippen LogP contribution is -2.39. The Morgan fingerprint density at radius 2 is 1.72 bits per heavy atom. The van der Waals surface area contributed by atoms with Crippen molar-refractivity contribution in [3.63, 3.8) is 0 Å². The molecule has 190 valence electrons. The molecule has 0 fully saturated rings. The number of aromatic nitrogens is 2. The van der Waals surface area contributed by atoms with Crippen LogP contribution < -0.4 is 20.1 Å². The first-order chi connectivity index (χ1) is 17.4. The van der Waals surface area contributed by atoms with Gasteiger partial charge in [-0.05, 0) is 62.3 Å². The van der Waals surface area contributed by atoms with Crippen molar-refractivity contribution in [2.24, 2.45) is 0 Å². The number of para-hydroxylation sites is 2. The lowest BCUT2D eigenvalue weighted by atomic mass is 10.0. The van der Waals surface area contributed by atoms with Gasteiger partial charge in [-0.15, -0.1) is 0 Å². The molecule has 0 bridgehead atoms. The van der Waals surface area contributed by atoms with E-state index in [0.717, 1.165) is 24.2 Å². The van der Waals surface area contributed by atoms with E-state index in [9.17, 15) is 4.79 Å². The average Bonchev–Trinajstić information content (AvgIpc) is 3.07. The van der Waals surface area contributed by atoms with Gasteiger partial charge in [0, 0.05) is 13.1 Å². The molecule has 0 unspecified atom stereocenters. The maximum Gasteiger partial charge on any atom is 0.236 e. The second kappa shape index (κ2) is 11.5. The first kappa shape index (κ1) is 25.5. The summed E-state index contributed by atoms with van der Waals surface area (Å²) in [7, 11) is 7.05. The van der Waals surface area contributed by atoms with Crippen LogP contribution in [0.15, 0.2) is 42.6 Å². The van der Waals surface area contributed by atoms with Crippen molar-refractivity contribution in [1.29, 1.82) is 0 Å². The van der Waals surface area contributed by atoms with Crippen molar-refractivity contribution < 1.29 is 14.3 Å². The highest BCUT2D eigenvalue weighted by Crippen LogP contribution is 2.34. The third-order valence-electron chi connectivity index (χ3n) is 5.98. The number of amides is 1. The van der Waals surface area contributed by atoms with Gasteiger partial charge in [-0.3, -0.25) is 4.79 Å². The number of hydrogen-bond donors (Lipinski definition) is 2. The summed E-state index contributed by atoms with van der Waals surface area (Å²) in [5.74, 6) is 2.31. The zero-order valence-electron chi connectivity index (χ0n) is 21.0. The number of anilines is 4. The van der Waals surface area contributed by atoms with E-state index in [2.05, 4.69) is 26.7 Å². The van der Waals surface area contributed by atoms with Crippen molar-refractivity contribution in [2.45, 2.75) is 12.8 Å². The molecule has 10 heteroatoms. The van der Waals surface area contributed by atoms with Crippen LogP contribution in [-0.4, -0.2) is 73.6 Å². The fourth-order valence-electron chi connectivity index (χ4n) is 4.15. The van der Waals surface area contributed by atoms with Crippen molar-refractivity contribution >= 4 is 40.6 Å². The number of methoxy groups -OCH3 is 2. The summed E-state index contributed by atoms with van der Waals surface area (Å²) in [6.45, 7) is 1.77. The Labute approximate surface area is 216 Å². The van der Waals surface area contributed by atoms with E-state index in [-0.39, 0.29) is 5.91 Å². The molecule has 1 aliphatic rings. The van der Waals surface area contributed by atoms with E-state index in [4.69, 9.17) is 21.1 Å². The number of benzene rings is 2. The van der Waals surface area contributed by atoms with Crippen molar-refractivity contribution in [1.82, 2.24) is 19.8 Å². The number of halogens is 1. The highest BCUT2D eigenvalue weighted by molar-refractivity contribution is 6.32. The molecule has 0 saturated carbocycles. The van der Waals surface area contributed by atoms with Crippen LogP contribution >= 0.6 is 11.6 Å². The standard InChI is InChI=1S/C26H31ClN6O3/c1-32(2)16-24(34)33-11-9-17-13-21(23(36-4)14-18(17)10-12-33)30-26-28-15-19(27)25(31-26)29-20-7-5-6-8-22(20)35-3/h5-8,13-15H,9-12,16H2,1-4H3,(H2,28,29,30,31). The molecule has 0 atom stereocenters. The number of likely N-dealkylation sites (N-methyl/N-ethyl adjacent to an activating group) is 1. The smallest absolute Gasteiger partial charge is 0.236 e. The van der Waals surface area contributed by atoms with Crippen LogP contribution in [0.25, 0.3) is 0 Å². The molecular formula is C26H31ClN6O3. The molecule has 4 rings (SSSR count). The van der Waals surface area contributed by atoms with Crippen molar-refractivity contribution in [2.75, 3.05) is 58.6 Å². The molecule has 0 radical (unpaired) electrons. The summed E-state index contributed by atoms with van der Waals surface area (Å²) in [5, 5.41) is 6.86. The fraction of sp³-hybridized carbons (Fsp3) is 0.346. The predicted octanol–water partition coefficient (Wildman–Crippen LogP) is 4.12. The SMILES string of the molecule is COc1cc2c(cc1Nc1ncc(Cl)c(Nc3ccccc3OC)n1)CCN(C(=O)CN(C)C)CC2. The molecular weight excluding hydrogens is 480 g/mol. The largest absolute Gasteiger partial charge is 0.495 e. The second-order valence-corrected chi connectivity index (χ2v) is 9.19. The number of hydrogen-bond acceptors (Lipinski definition) is 8. The number of nitrogens with zero attached hydrogens (tertiary/aromatic N) is 4. The minimum Gasteiger partial charge on any atom is -0.495 e. The van der Waals surface area contributed by atoms with Gasteiger partial charge in [-0.25, -0.2) is 4.98 Å². The van der Waals surface area contributed by atoms with E-state index in [1.165, 1.54) is 11.1 Å². The van der Waals surface area contributed by atoms with Crippen LogP contribution in [0.4, 0.5) is 23.1 Å². The number of rotatable bonds is 8. The van der Waals surface area contributed by atoms with Crippen molar-refractivity contribution in [3.8, 4) is 11.5 Å². The highest BCUT2D eigenvalue weighted by Gasteiger charge is 2.21. The highest BCUT2D eigenvalue weighted by atomic mass is 35.5. The summed E-state index contributed by atoms with van der Waals surface area (Å²) in [5.41, 5.74) is 3.82. The molecule has 0 aliphatic carbocycles. The van der Waals surface area contributed by atoms with E-state index in [1.54, 1.807) is 20.4 Å². The molecule has 2 aromatic carbocycles. The third-order valence-corrected chi connectivity index (χ3v) is 6.26. The minimum absolute atomic E-state index is 0.141. The number of carbonyl (C=O) groups excluding carboxylic acids is 1. The van der Waals surface area contributed by atoms with Gasteiger partial charge in [0.15, 0.2) is 5.82 Å². The topological polar surface area (TPSA) is 91.8 Å². The molecule has 0 saturated heterocycles. The second-order valence-electron chi connectivity index (χ2n) is 8.78. The number of carbonyl (C=O) groups is 1. The number of nitrogens with one attached hydrogen (secondary N) is 2. The predicted molar refractivity (Wildman–Crippen MR) is 142 cm³/mol. The van der Waals surface area contributed by atoms with Crippen LogP contribution in [-0.2, 0) is 17.6 Å². The molecule has 2 N–H and O–H groups in total. The van der Waals surface area contributed by atoms with Crippen LogP contribution in [0, 0.1) is 0 Å². The van der Waals surface area contributed by atoms with E-state index in [0.29, 0.717) is 47.9 Å². The van der Waals surface area contributed by atoms with Gasteiger partial charge in [-0.1, -0.05) is 23.7 Å². The average molecular weight is 511 g/mol.